The van der Waals surface area contributed by atoms with Gasteiger partial charge in [0.15, 0.2) is 9.84 Å². The van der Waals surface area contributed by atoms with Crippen LogP contribution in [0.3, 0.4) is 0 Å². The van der Waals surface area contributed by atoms with Gasteiger partial charge in [0, 0.05) is 11.5 Å². The fraction of sp³-hybridized carbons (Fsp3) is 0.250. The minimum absolute atomic E-state index is 0.0865. The molecule has 0 fully saturated rings. The SMILES string of the molecule is O=S(=O)(CCSCC(O)c1ccccc1)c1ccccc1. The lowest BCUT2D eigenvalue weighted by Crippen LogP contribution is -2.10. The van der Waals surface area contributed by atoms with Crippen LogP contribution in [0, 0.1) is 0 Å². The second-order valence-corrected chi connectivity index (χ2v) is 7.89. The number of sulfone groups is 1. The van der Waals surface area contributed by atoms with Gasteiger partial charge in [-0.05, 0) is 17.7 Å². The molecule has 0 radical (unpaired) electrons. The average molecular weight is 322 g/mol. The van der Waals surface area contributed by atoms with E-state index in [9.17, 15) is 13.5 Å². The molecule has 0 spiro atoms. The molecule has 0 aromatic heterocycles. The van der Waals surface area contributed by atoms with Crippen molar-refractivity contribution in [3.05, 3.63) is 66.2 Å². The normalized spacial score (nSPS) is 13.0. The maximum atomic E-state index is 12.1. The van der Waals surface area contributed by atoms with E-state index in [0.29, 0.717) is 16.4 Å². The molecule has 0 amide bonds. The highest BCUT2D eigenvalue weighted by Crippen LogP contribution is 2.19. The van der Waals surface area contributed by atoms with Crippen molar-refractivity contribution in [2.24, 2.45) is 0 Å². The van der Waals surface area contributed by atoms with E-state index in [4.69, 9.17) is 0 Å². The number of hydrogen-bond acceptors (Lipinski definition) is 4. The summed E-state index contributed by atoms with van der Waals surface area (Å²) in [5, 5.41) is 10.00. The summed E-state index contributed by atoms with van der Waals surface area (Å²) in [6.45, 7) is 0. The van der Waals surface area contributed by atoms with Crippen LogP contribution in [0.1, 0.15) is 11.7 Å². The molecule has 2 aromatic rings. The maximum absolute atomic E-state index is 12.1. The molecular formula is C16H18O3S2. The average Bonchev–Trinajstić information content (AvgIpc) is 2.53. The molecule has 1 atom stereocenters. The van der Waals surface area contributed by atoms with Gasteiger partial charge in [0.05, 0.1) is 16.8 Å². The number of thioether (sulfide) groups is 1. The minimum Gasteiger partial charge on any atom is -0.388 e. The Kier molecular flexibility index (Phi) is 5.85. The molecule has 21 heavy (non-hydrogen) atoms. The lowest BCUT2D eigenvalue weighted by atomic mass is 10.1. The van der Waals surface area contributed by atoms with E-state index in [0.717, 1.165) is 5.56 Å². The molecule has 0 aliphatic carbocycles. The van der Waals surface area contributed by atoms with Crippen molar-refractivity contribution in [1.82, 2.24) is 0 Å². The third-order valence-corrected chi connectivity index (χ3v) is 6.09. The summed E-state index contributed by atoms with van der Waals surface area (Å²) < 4.78 is 24.1. The second kappa shape index (κ2) is 7.64. The zero-order valence-electron chi connectivity index (χ0n) is 11.6. The fourth-order valence-electron chi connectivity index (χ4n) is 1.88. The van der Waals surface area contributed by atoms with Crippen molar-refractivity contribution in [2.75, 3.05) is 17.3 Å². The van der Waals surface area contributed by atoms with E-state index >= 15 is 0 Å². The zero-order chi connectivity index (χ0) is 15.1. The van der Waals surface area contributed by atoms with Crippen LogP contribution in [0.25, 0.3) is 0 Å². The van der Waals surface area contributed by atoms with Gasteiger partial charge in [-0.3, -0.25) is 0 Å². The smallest absolute Gasteiger partial charge is 0.179 e. The number of aliphatic hydroxyl groups is 1. The first-order valence-electron chi connectivity index (χ1n) is 6.68. The quantitative estimate of drug-likeness (QED) is 0.796. The van der Waals surface area contributed by atoms with E-state index in [1.165, 1.54) is 11.8 Å². The summed E-state index contributed by atoms with van der Waals surface area (Å²) in [5.74, 6) is 1.05. The summed E-state index contributed by atoms with van der Waals surface area (Å²) in [5.41, 5.74) is 0.857. The Morgan fingerprint density at radius 1 is 0.952 bits per heavy atom. The molecule has 0 heterocycles. The molecular weight excluding hydrogens is 304 g/mol. The van der Waals surface area contributed by atoms with E-state index in [-0.39, 0.29) is 5.75 Å². The van der Waals surface area contributed by atoms with Crippen molar-refractivity contribution >= 4 is 21.6 Å². The van der Waals surface area contributed by atoms with Crippen molar-refractivity contribution in [3.8, 4) is 0 Å². The number of rotatable bonds is 7. The molecule has 2 rings (SSSR count). The van der Waals surface area contributed by atoms with Crippen LogP contribution in [0.15, 0.2) is 65.6 Å². The number of benzene rings is 2. The Morgan fingerprint density at radius 3 is 2.14 bits per heavy atom. The van der Waals surface area contributed by atoms with E-state index in [2.05, 4.69) is 0 Å². The van der Waals surface area contributed by atoms with Crippen LogP contribution in [0.4, 0.5) is 0 Å². The van der Waals surface area contributed by atoms with Crippen LogP contribution >= 0.6 is 11.8 Å². The summed E-state index contributed by atoms with van der Waals surface area (Å²) in [6.07, 6.45) is -0.560. The number of hydrogen-bond donors (Lipinski definition) is 1. The first-order chi connectivity index (χ1) is 10.1. The standard InChI is InChI=1S/C16H18O3S2/c17-16(14-7-3-1-4-8-14)13-20-11-12-21(18,19)15-9-5-2-6-10-15/h1-10,16-17H,11-13H2. The second-order valence-electron chi connectivity index (χ2n) is 4.63. The third kappa shape index (κ3) is 4.88. The lowest BCUT2D eigenvalue weighted by Gasteiger charge is -2.10. The molecule has 112 valence electrons. The van der Waals surface area contributed by atoms with E-state index in [1.54, 1.807) is 30.3 Å². The van der Waals surface area contributed by atoms with Crippen molar-refractivity contribution in [1.29, 1.82) is 0 Å². The van der Waals surface area contributed by atoms with Gasteiger partial charge in [-0.15, -0.1) is 0 Å². The van der Waals surface area contributed by atoms with Crippen molar-refractivity contribution in [3.63, 3.8) is 0 Å². The first-order valence-corrected chi connectivity index (χ1v) is 9.49. The molecule has 0 bridgehead atoms. The van der Waals surface area contributed by atoms with Crippen LogP contribution in [-0.2, 0) is 9.84 Å². The molecule has 3 nitrogen and oxygen atoms in total. The molecule has 5 heteroatoms. The molecule has 1 unspecified atom stereocenters. The highest BCUT2D eigenvalue weighted by Gasteiger charge is 2.14. The zero-order valence-corrected chi connectivity index (χ0v) is 13.2. The van der Waals surface area contributed by atoms with Crippen LogP contribution in [-0.4, -0.2) is 30.8 Å². The highest BCUT2D eigenvalue weighted by atomic mass is 32.2. The van der Waals surface area contributed by atoms with Gasteiger partial charge < -0.3 is 5.11 Å². The Hall–Kier alpha value is -1.30. The van der Waals surface area contributed by atoms with Gasteiger partial charge in [0.2, 0.25) is 0 Å². The topological polar surface area (TPSA) is 54.4 Å². The van der Waals surface area contributed by atoms with E-state index < -0.39 is 15.9 Å². The third-order valence-electron chi connectivity index (χ3n) is 3.06. The van der Waals surface area contributed by atoms with Gasteiger partial charge in [-0.2, -0.15) is 11.8 Å². The van der Waals surface area contributed by atoms with Gasteiger partial charge in [-0.25, -0.2) is 8.42 Å². The summed E-state index contributed by atoms with van der Waals surface area (Å²) >= 11 is 1.45. The molecule has 0 saturated carbocycles. The molecule has 0 aliphatic rings. The maximum Gasteiger partial charge on any atom is 0.179 e. The minimum atomic E-state index is -3.23. The summed E-state index contributed by atoms with van der Waals surface area (Å²) in [7, 11) is -3.23. The number of aliphatic hydroxyl groups excluding tert-OH is 1. The predicted molar refractivity (Wildman–Crippen MR) is 87.2 cm³/mol. The lowest BCUT2D eigenvalue weighted by molar-refractivity contribution is 0.204. The Morgan fingerprint density at radius 2 is 1.52 bits per heavy atom. The summed E-state index contributed by atoms with van der Waals surface area (Å²) in [6, 6.07) is 17.8. The molecule has 2 aromatic carbocycles. The van der Waals surface area contributed by atoms with Crippen molar-refractivity contribution in [2.45, 2.75) is 11.0 Å². The largest absolute Gasteiger partial charge is 0.388 e. The molecule has 1 N–H and O–H groups in total. The Bertz CT molecular complexity index is 640. The monoisotopic (exact) mass is 322 g/mol. The van der Waals surface area contributed by atoms with Gasteiger partial charge in [0.25, 0.3) is 0 Å². The van der Waals surface area contributed by atoms with Crippen LogP contribution < -0.4 is 0 Å². The Labute approximate surface area is 129 Å². The van der Waals surface area contributed by atoms with Gasteiger partial charge in [-0.1, -0.05) is 48.5 Å². The molecule has 0 saturated heterocycles. The summed E-state index contributed by atoms with van der Waals surface area (Å²) in [4.78, 5) is 0.356. The predicted octanol–water partition coefficient (Wildman–Crippen LogP) is 2.93. The Balaban J connectivity index is 1.80. The van der Waals surface area contributed by atoms with Crippen molar-refractivity contribution < 1.29 is 13.5 Å². The first kappa shape index (κ1) is 16.1. The highest BCUT2D eigenvalue weighted by molar-refractivity contribution is 8.00. The van der Waals surface area contributed by atoms with Crippen LogP contribution in [0.5, 0.6) is 0 Å². The van der Waals surface area contributed by atoms with Gasteiger partial charge in [0.1, 0.15) is 0 Å². The van der Waals surface area contributed by atoms with Crippen LogP contribution in [0.2, 0.25) is 0 Å². The molecule has 0 aliphatic heterocycles. The fourth-order valence-corrected chi connectivity index (χ4v) is 4.62. The van der Waals surface area contributed by atoms with Gasteiger partial charge >= 0.3 is 0 Å². The van der Waals surface area contributed by atoms with E-state index in [1.807, 2.05) is 30.3 Å².